The fourth-order valence-corrected chi connectivity index (χ4v) is 2.10. The van der Waals surface area contributed by atoms with Gasteiger partial charge < -0.3 is 4.74 Å². The van der Waals surface area contributed by atoms with E-state index in [-0.39, 0.29) is 0 Å². The Kier molecular flexibility index (Phi) is 27.8. The van der Waals surface area contributed by atoms with Crippen LogP contribution in [0.2, 0.25) is 0 Å². The first kappa shape index (κ1) is 29.4. The van der Waals surface area contributed by atoms with Gasteiger partial charge in [0, 0.05) is 26.1 Å². The second-order valence-electron chi connectivity index (χ2n) is 8.16. The minimum absolute atomic E-state index is 0.410. The van der Waals surface area contributed by atoms with E-state index in [2.05, 4.69) is 48.5 Å². The SMILES string of the molecule is CCCC(=O)CC(C)C.CCCCCC(C)C.CCOCCC(C)C. The van der Waals surface area contributed by atoms with Gasteiger partial charge in [-0.25, -0.2) is 0 Å². The van der Waals surface area contributed by atoms with Crippen molar-refractivity contribution in [3.05, 3.63) is 0 Å². The Morgan fingerprint density at radius 1 is 0.760 bits per heavy atom. The second kappa shape index (κ2) is 23.6. The van der Waals surface area contributed by atoms with Crippen LogP contribution < -0.4 is 0 Å². The second-order valence-corrected chi connectivity index (χ2v) is 8.16. The van der Waals surface area contributed by atoms with Gasteiger partial charge in [-0.05, 0) is 37.5 Å². The van der Waals surface area contributed by atoms with E-state index in [1.807, 2.05) is 13.8 Å². The minimum Gasteiger partial charge on any atom is -0.382 e. The zero-order valence-corrected chi connectivity index (χ0v) is 19.1. The number of unbranched alkanes of at least 4 members (excludes halogenated alkanes) is 2. The molecule has 0 fully saturated rings. The predicted molar refractivity (Wildman–Crippen MR) is 114 cm³/mol. The van der Waals surface area contributed by atoms with Crippen LogP contribution in [0.5, 0.6) is 0 Å². The fraction of sp³-hybridized carbons (Fsp3) is 0.957. The lowest BCUT2D eigenvalue weighted by Gasteiger charge is -2.02. The third-order valence-electron chi connectivity index (χ3n) is 3.59. The molecule has 0 aromatic heterocycles. The van der Waals surface area contributed by atoms with Gasteiger partial charge in [0.25, 0.3) is 0 Å². The quantitative estimate of drug-likeness (QED) is 0.334. The van der Waals surface area contributed by atoms with Crippen molar-refractivity contribution in [2.24, 2.45) is 17.8 Å². The van der Waals surface area contributed by atoms with E-state index in [9.17, 15) is 4.79 Å². The predicted octanol–water partition coefficient (Wildman–Crippen LogP) is 7.69. The maximum Gasteiger partial charge on any atom is 0.133 e. The van der Waals surface area contributed by atoms with Gasteiger partial charge in [0.1, 0.15) is 5.78 Å². The van der Waals surface area contributed by atoms with Crippen LogP contribution in [-0.2, 0) is 9.53 Å². The van der Waals surface area contributed by atoms with Crippen LogP contribution in [-0.4, -0.2) is 19.0 Å². The normalized spacial score (nSPS) is 10.4. The number of ether oxygens (including phenoxy) is 1. The van der Waals surface area contributed by atoms with Crippen molar-refractivity contribution in [2.75, 3.05) is 13.2 Å². The van der Waals surface area contributed by atoms with E-state index in [1.165, 1.54) is 32.1 Å². The highest BCUT2D eigenvalue weighted by atomic mass is 16.5. The molecule has 0 heterocycles. The molecule has 0 saturated carbocycles. The molecule has 2 nitrogen and oxygen atoms in total. The Labute approximate surface area is 160 Å². The standard InChI is InChI=1S/C8H16O.C8H18.C7H16O/c1-4-5-8(9)6-7(2)3;1-4-5-6-7-8(2)3;1-4-8-6-5-7(2)3/h7H,4-6H2,1-3H3;8H,4-7H2,1-3H3;7H,4-6H2,1-3H3. The van der Waals surface area contributed by atoms with E-state index in [0.717, 1.165) is 44.3 Å². The Bertz CT molecular complexity index is 230. The maximum atomic E-state index is 10.9. The smallest absolute Gasteiger partial charge is 0.133 e. The minimum atomic E-state index is 0.410. The number of carbonyl (C=O) groups excluding carboxylic acids is 1. The van der Waals surface area contributed by atoms with Crippen LogP contribution in [0.15, 0.2) is 0 Å². The molecular formula is C23H50O2. The van der Waals surface area contributed by atoms with Gasteiger partial charge in [-0.3, -0.25) is 4.79 Å². The molecule has 0 aliphatic heterocycles. The lowest BCUT2D eigenvalue weighted by Crippen LogP contribution is -2.01. The molecule has 0 unspecified atom stereocenters. The average Bonchev–Trinajstić information content (AvgIpc) is 2.48. The highest BCUT2D eigenvalue weighted by Gasteiger charge is 2.01. The molecule has 0 aromatic rings. The summed E-state index contributed by atoms with van der Waals surface area (Å²) in [6.45, 7) is 21.2. The number of rotatable bonds is 12. The molecule has 0 saturated heterocycles. The molecule has 0 radical (unpaired) electrons. The van der Waals surface area contributed by atoms with Crippen molar-refractivity contribution in [3.8, 4) is 0 Å². The van der Waals surface area contributed by atoms with Crippen LogP contribution in [0.25, 0.3) is 0 Å². The summed E-state index contributed by atoms with van der Waals surface area (Å²) in [5, 5.41) is 0. The number of hydrogen-bond acceptors (Lipinski definition) is 2. The van der Waals surface area contributed by atoms with Crippen molar-refractivity contribution in [2.45, 2.75) is 114 Å². The van der Waals surface area contributed by atoms with Crippen LogP contribution in [0.1, 0.15) is 114 Å². The zero-order chi connectivity index (χ0) is 20.1. The summed E-state index contributed by atoms with van der Waals surface area (Å²) in [6, 6.07) is 0. The van der Waals surface area contributed by atoms with Crippen molar-refractivity contribution in [3.63, 3.8) is 0 Å². The summed E-state index contributed by atoms with van der Waals surface area (Å²) in [5.41, 5.74) is 0. The van der Waals surface area contributed by atoms with E-state index in [1.54, 1.807) is 0 Å². The van der Waals surface area contributed by atoms with Gasteiger partial charge >= 0.3 is 0 Å². The largest absolute Gasteiger partial charge is 0.382 e. The molecule has 0 bridgehead atoms. The topological polar surface area (TPSA) is 26.3 Å². The van der Waals surface area contributed by atoms with Gasteiger partial charge in [-0.15, -0.1) is 0 Å². The highest BCUT2D eigenvalue weighted by molar-refractivity contribution is 5.78. The highest BCUT2D eigenvalue weighted by Crippen LogP contribution is 2.06. The third kappa shape index (κ3) is 40.0. The Morgan fingerprint density at radius 3 is 1.68 bits per heavy atom. The molecule has 0 spiro atoms. The van der Waals surface area contributed by atoms with Gasteiger partial charge in [0.2, 0.25) is 0 Å². The first-order valence-electron chi connectivity index (χ1n) is 10.8. The van der Waals surface area contributed by atoms with Crippen LogP contribution in [0, 0.1) is 17.8 Å². The fourth-order valence-electron chi connectivity index (χ4n) is 2.10. The lowest BCUT2D eigenvalue weighted by molar-refractivity contribution is -0.119. The molecule has 2 heteroatoms. The molecule has 0 aliphatic rings. The van der Waals surface area contributed by atoms with E-state index in [0.29, 0.717) is 11.7 Å². The number of Topliss-reactive ketones (excluding diaryl/α,β-unsaturated/α-hetero) is 1. The molecule has 154 valence electrons. The first-order chi connectivity index (χ1) is 11.7. The lowest BCUT2D eigenvalue weighted by atomic mass is 10.0. The number of ketones is 1. The molecular weight excluding hydrogens is 308 g/mol. The summed E-state index contributed by atoms with van der Waals surface area (Å²) in [7, 11) is 0. The summed E-state index contributed by atoms with van der Waals surface area (Å²) >= 11 is 0. The van der Waals surface area contributed by atoms with Crippen molar-refractivity contribution < 1.29 is 9.53 Å². The third-order valence-corrected chi connectivity index (χ3v) is 3.59. The van der Waals surface area contributed by atoms with E-state index < -0.39 is 0 Å². The summed E-state index contributed by atoms with van der Waals surface area (Å²) < 4.78 is 5.14. The maximum absolute atomic E-state index is 10.9. The molecule has 0 aliphatic carbocycles. The van der Waals surface area contributed by atoms with Crippen molar-refractivity contribution in [1.82, 2.24) is 0 Å². The van der Waals surface area contributed by atoms with E-state index in [4.69, 9.17) is 4.74 Å². The average molecular weight is 359 g/mol. The Morgan fingerprint density at radius 2 is 1.32 bits per heavy atom. The monoisotopic (exact) mass is 358 g/mol. The Hall–Kier alpha value is -0.370. The van der Waals surface area contributed by atoms with Crippen molar-refractivity contribution >= 4 is 5.78 Å². The van der Waals surface area contributed by atoms with Crippen LogP contribution >= 0.6 is 0 Å². The summed E-state index contributed by atoms with van der Waals surface area (Å²) in [5.74, 6) is 2.62. The Balaban J connectivity index is -0.000000291. The number of carbonyl (C=O) groups is 1. The molecule has 0 aromatic carbocycles. The van der Waals surface area contributed by atoms with Gasteiger partial charge in [-0.1, -0.05) is 81.1 Å². The van der Waals surface area contributed by atoms with E-state index >= 15 is 0 Å². The van der Waals surface area contributed by atoms with Gasteiger partial charge in [0.15, 0.2) is 0 Å². The molecule has 0 atom stereocenters. The molecule has 25 heavy (non-hydrogen) atoms. The van der Waals surface area contributed by atoms with Crippen LogP contribution in [0.4, 0.5) is 0 Å². The molecule has 0 amide bonds. The van der Waals surface area contributed by atoms with Crippen molar-refractivity contribution in [1.29, 1.82) is 0 Å². The summed E-state index contributed by atoms with van der Waals surface area (Å²) in [6.07, 6.45) is 9.30. The number of hydrogen-bond donors (Lipinski definition) is 0. The van der Waals surface area contributed by atoms with Gasteiger partial charge in [0.05, 0.1) is 0 Å². The summed E-state index contributed by atoms with van der Waals surface area (Å²) in [4.78, 5) is 10.9. The zero-order valence-electron chi connectivity index (χ0n) is 19.1. The first-order valence-corrected chi connectivity index (χ1v) is 10.8. The molecule has 0 N–H and O–H groups in total. The van der Waals surface area contributed by atoms with Gasteiger partial charge in [-0.2, -0.15) is 0 Å². The van der Waals surface area contributed by atoms with Crippen LogP contribution in [0.3, 0.4) is 0 Å². The molecule has 0 rings (SSSR count).